The van der Waals surface area contributed by atoms with E-state index in [1.807, 2.05) is 0 Å². The van der Waals surface area contributed by atoms with E-state index in [-0.39, 0.29) is 6.61 Å². The first-order chi connectivity index (χ1) is 10.5. The summed E-state index contributed by atoms with van der Waals surface area (Å²) in [5, 5.41) is 29.4. The van der Waals surface area contributed by atoms with Gasteiger partial charge in [0, 0.05) is 20.4 Å². The number of methoxy groups -OCH3 is 1. The smallest absolute Gasteiger partial charge is 0.186 e. The third-order valence-electron chi connectivity index (χ3n) is 3.35. The average Bonchev–Trinajstić information content (AvgIpc) is 2.48. The van der Waals surface area contributed by atoms with Crippen molar-refractivity contribution in [1.29, 1.82) is 0 Å². The Bertz CT molecular complexity index is 293. The van der Waals surface area contributed by atoms with Crippen molar-refractivity contribution in [2.45, 2.75) is 50.0 Å². The van der Waals surface area contributed by atoms with Crippen molar-refractivity contribution in [3.63, 3.8) is 0 Å². The molecule has 1 rings (SSSR count). The van der Waals surface area contributed by atoms with Crippen LogP contribution in [0.3, 0.4) is 0 Å². The molecule has 0 spiro atoms. The molecule has 6 unspecified atom stereocenters. The number of aliphatic hydroxyl groups is 3. The zero-order valence-corrected chi connectivity index (χ0v) is 13.9. The second-order valence-electron chi connectivity index (χ2n) is 5.20. The lowest BCUT2D eigenvalue weighted by atomic mass is 9.99. The third-order valence-corrected chi connectivity index (χ3v) is 3.90. The zero-order chi connectivity index (χ0) is 16.5. The van der Waals surface area contributed by atoms with Crippen molar-refractivity contribution in [3.8, 4) is 0 Å². The molecule has 0 aliphatic carbocycles. The molecule has 1 heterocycles. The van der Waals surface area contributed by atoms with E-state index in [9.17, 15) is 15.3 Å². The van der Waals surface area contributed by atoms with Crippen molar-refractivity contribution in [2.75, 3.05) is 33.6 Å². The largest absolute Gasteiger partial charge is 0.387 e. The summed E-state index contributed by atoms with van der Waals surface area (Å²) in [6.07, 6.45) is -3.20. The molecule has 1 aliphatic heterocycles. The molecule has 0 aromatic heterocycles. The number of aliphatic hydroxyl groups excluding tert-OH is 3. The molecule has 132 valence electrons. The summed E-state index contributed by atoms with van der Waals surface area (Å²) in [7, 11) is 0.151. The number of ether oxygens (including phenoxy) is 3. The molecule has 6 atom stereocenters. The molecule has 9 heteroatoms. The van der Waals surface area contributed by atoms with Crippen LogP contribution in [-0.2, 0) is 18.7 Å². The van der Waals surface area contributed by atoms with Gasteiger partial charge in [0.15, 0.2) is 14.7 Å². The van der Waals surface area contributed by atoms with Crippen LogP contribution in [0.25, 0.3) is 0 Å². The Labute approximate surface area is 131 Å². The van der Waals surface area contributed by atoms with Gasteiger partial charge in [-0.15, -0.1) is 0 Å². The minimum Gasteiger partial charge on any atom is -0.387 e. The molecule has 0 bridgehead atoms. The fourth-order valence-corrected chi connectivity index (χ4v) is 2.53. The van der Waals surface area contributed by atoms with E-state index < -0.39 is 39.1 Å². The predicted octanol–water partition coefficient (Wildman–Crippen LogP) is -0.422. The first-order valence-corrected chi connectivity index (χ1v) is 8.99. The molecule has 0 saturated carbocycles. The standard InChI is InChI=1S/C13H27O8P/c1-18-8-9-10(14)11(15)12(16)13(21-9)19-6-4-3-5-7-20-22(2)17/h9-17H,3-8H2,1-2H3. The van der Waals surface area contributed by atoms with E-state index >= 15 is 0 Å². The topological polar surface area (TPSA) is 118 Å². The van der Waals surface area contributed by atoms with Gasteiger partial charge >= 0.3 is 0 Å². The van der Waals surface area contributed by atoms with Gasteiger partial charge in [0.25, 0.3) is 0 Å². The van der Waals surface area contributed by atoms with Crippen LogP contribution in [0, 0.1) is 0 Å². The van der Waals surface area contributed by atoms with Gasteiger partial charge in [-0.2, -0.15) is 0 Å². The maximum atomic E-state index is 9.85. The van der Waals surface area contributed by atoms with Gasteiger partial charge in [-0.25, -0.2) is 0 Å². The van der Waals surface area contributed by atoms with Crippen LogP contribution < -0.4 is 0 Å². The monoisotopic (exact) mass is 342 g/mol. The maximum Gasteiger partial charge on any atom is 0.186 e. The highest BCUT2D eigenvalue weighted by Gasteiger charge is 2.44. The Morgan fingerprint density at radius 2 is 1.68 bits per heavy atom. The molecular formula is C13H27O8P. The average molecular weight is 342 g/mol. The normalized spacial score (nSPS) is 33.8. The van der Waals surface area contributed by atoms with Crippen molar-refractivity contribution < 1.29 is 38.9 Å². The van der Waals surface area contributed by atoms with Crippen molar-refractivity contribution in [2.24, 2.45) is 0 Å². The second kappa shape index (κ2) is 10.8. The number of hydrogen-bond donors (Lipinski definition) is 4. The van der Waals surface area contributed by atoms with Crippen molar-refractivity contribution >= 4 is 8.38 Å². The van der Waals surface area contributed by atoms with E-state index in [0.29, 0.717) is 13.2 Å². The summed E-state index contributed by atoms with van der Waals surface area (Å²) in [5.41, 5.74) is 0. The lowest BCUT2D eigenvalue weighted by molar-refractivity contribution is -0.302. The van der Waals surface area contributed by atoms with E-state index in [0.717, 1.165) is 19.3 Å². The summed E-state index contributed by atoms with van der Waals surface area (Å²) in [6, 6.07) is 0. The molecule has 1 fully saturated rings. The fourth-order valence-electron chi connectivity index (χ4n) is 2.13. The Balaban J connectivity index is 2.23. The quantitative estimate of drug-likeness (QED) is 0.312. The highest BCUT2D eigenvalue weighted by Crippen LogP contribution is 2.25. The molecule has 1 saturated heterocycles. The molecule has 4 N–H and O–H groups in total. The van der Waals surface area contributed by atoms with Gasteiger partial charge in [0.05, 0.1) is 13.2 Å². The SMILES string of the molecule is COCC1OC(OCCCCCOP(C)O)C(O)C(O)C1O. The zero-order valence-electron chi connectivity index (χ0n) is 13.0. The predicted molar refractivity (Wildman–Crippen MR) is 79.4 cm³/mol. The van der Waals surface area contributed by atoms with Crippen LogP contribution in [-0.4, -0.2) is 84.5 Å². The Morgan fingerprint density at radius 1 is 1.00 bits per heavy atom. The molecule has 0 aromatic rings. The van der Waals surface area contributed by atoms with Crippen LogP contribution in [0.1, 0.15) is 19.3 Å². The van der Waals surface area contributed by atoms with Crippen LogP contribution in [0.15, 0.2) is 0 Å². The molecule has 0 aromatic carbocycles. The highest BCUT2D eigenvalue weighted by molar-refractivity contribution is 7.45. The van der Waals surface area contributed by atoms with Crippen LogP contribution in [0.5, 0.6) is 0 Å². The van der Waals surface area contributed by atoms with Gasteiger partial charge < -0.3 is 38.9 Å². The van der Waals surface area contributed by atoms with Gasteiger partial charge in [0.1, 0.15) is 24.4 Å². The van der Waals surface area contributed by atoms with Crippen LogP contribution in [0.4, 0.5) is 0 Å². The lowest BCUT2D eigenvalue weighted by Crippen LogP contribution is -2.59. The first-order valence-electron chi connectivity index (χ1n) is 7.33. The summed E-state index contributed by atoms with van der Waals surface area (Å²) in [6.45, 7) is 2.58. The minimum absolute atomic E-state index is 0.101. The molecule has 0 amide bonds. The van der Waals surface area contributed by atoms with Gasteiger partial charge in [0.2, 0.25) is 0 Å². The van der Waals surface area contributed by atoms with E-state index in [4.69, 9.17) is 23.6 Å². The number of hydrogen-bond acceptors (Lipinski definition) is 8. The van der Waals surface area contributed by atoms with E-state index in [1.54, 1.807) is 6.66 Å². The molecule has 0 radical (unpaired) electrons. The highest BCUT2D eigenvalue weighted by atomic mass is 31.2. The number of rotatable bonds is 10. The van der Waals surface area contributed by atoms with Gasteiger partial charge in [-0.1, -0.05) is 0 Å². The molecule has 8 nitrogen and oxygen atoms in total. The second-order valence-corrected chi connectivity index (χ2v) is 6.39. The minimum atomic E-state index is -1.33. The van der Waals surface area contributed by atoms with E-state index in [2.05, 4.69) is 0 Å². The van der Waals surface area contributed by atoms with Gasteiger partial charge in [-0.3, -0.25) is 0 Å². The fraction of sp³-hybridized carbons (Fsp3) is 1.00. The lowest BCUT2D eigenvalue weighted by Gasteiger charge is -2.40. The summed E-state index contributed by atoms with van der Waals surface area (Å²) in [4.78, 5) is 8.99. The summed E-state index contributed by atoms with van der Waals surface area (Å²) in [5.74, 6) is 0. The summed E-state index contributed by atoms with van der Waals surface area (Å²) >= 11 is 0. The van der Waals surface area contributed by atoms with Crippen LogP contribution in [0.2, 0.25) is 0 Å². The Morgan fingerprint density at radius 3 is 2.32 bits per heavy atom. The number of unbranched alkanes of at least 4 members (excludes halogenated alkanes) is 2. The van der Waals surface area contributed by atoms with Crippen LogP contribution >= 0.6 is 8.38 Å². The Kier molecular flexibility index (Phi) is 9.90. The van der Waals surface area contributed by atoms with Gasteiger partial charge in [-0.05, 0) is 19.3 Å². The van der Waals surface area contributed by atoms with Crippen molar-refractivity contribution in [1.82, 2.24) is 0 Å². The third kappa shape index (κ3) is 6.70. The Hall–Kier alpha value is 0.110. The first kappa shape index (κ1) is 20.2. The molecular weight excluding hydrogens is 315 g/mol. The summed E-state index contributed by atoms with van der Waals surface area (Å²) < 4.78 is 20.8. The molecule has 22 heavy (non-hydrogen) atoms. The van der Waals surface area contributed by atoms with Crippen molar-refractivity contribution in [3.05, 3.63) is 0 Å². The molecule has 1 aliphatic rings. The maximum absolute atomic E-state index is 9.85. The van der Waals surface area contributed by atoms with E-state index in [1.165, 1.54) is 7.11 Å².